The average Bonchev–Trinajstić information content (AvgIpc) is 2.72. The van der Waals surface area contributed by atoms with Crippen LogP contribution in [-0.4, -0.2) is 37.0 Å². The van der Waals surface area contributed by atoms with Gasteiger partial charge in [-0.2, -0.15) is 11.8 Å². The van der Waals surface area contributed by atoms with E-state index in [1.807, 2.05) is 6.07 Å². The van der Waals surface area contributed by atoms with Crippen LogP contribution in [0.4, 0.5) is 11.4 Å². The number of nitrogens with two attached hydrogens (primary N) is 1. The Morgan fingerprint density at radius 3 is 3.00 bits per heavy atom. The largest absolute Gasteiger partial charge is 0.370 e. The van der Waals surface area contributed by atoms with E-state index in [2.05, 4.69) is 35.7 Å². The van der Waals surface area contributed by atoms with Gasteiger partial charge in [-0.1, -0.05) is 13.0 Å². The number of hydrogen-bond acceptors (Lipinski definition) is 4. The molecule has 3 rings (SSSR count). The van der Waals surface area contributed by atoms with Crippen molar-refractivity contribution in [3.05, 3.63) is 23.8 Å². The first-order valence-corrected chi connectivity index (χ1v) is 8.20. The number of benzene rings is 1. The standard InChI is InChI=1S/C15H21N3OS/c1-3-11-9-18(6-7-20-11)10-4-5-12-13(8-10)17(2)15(19)14(12)16/h4-5,8,11,14H,3,6-7,9,16H2,1-2H3. The zero-order valence-electron chi connectivity index (χ0n) is 12.0. The molecule has 1 aromatic carbocycles. The topological polar surface area (TPSA) is 49.6 Å². The molecule has 2 unspecified atom stereocenters. The molecular weight excluding hydrogens is 270 g/mol. The Hall–Kier alpha value is -1.20. The minimum atomic E-state index is -0.496. The average molecular weight is 291 g/mol. The van der Waals surface area contributed by atoms with Crippen LogP contribution < -0.4 is 15.5 Å². The summed E-state index contributed by atoms with van der Waals surface area (Å²) in [5, 5.41) is 0.707. The third-order valence-electron chi connectivity index (χ3n) is 4.27. The van der Waals surface area contributed by atoms with Gasteiger partial charge in [-0.25, -0.2) is 0 Å². The molecule has 0 aromatic heterocycles. The number of carbonyl (C=O) groups excluding carboxylic acids is 1. The van der Waals surface area contributed by atoms with Crippen LogP contribution in [-0.2, 0) is 4.79 Å². The van der Waals surface area contributed by atoms with E-state index in [0.717, 1.165) is 24.3 Å². The second-order valence-corrected chi connectivity index (χ2v) is 6.87. The molecule has 2 atom stereocenters. The van der Waals surface area contributed by atoms with Crippen molar-refractivity contribution in [3.63, 3.8) is 0 Å². The van der Waals surface area contributed by atoms with E-state index >= 15 is 0 Å². The molecule has 1 amide bonds. The van der Waals surface area contributed by atoms with Crippen molar-refractivity contribution < 1.29 is 4.79 Å². The Bertz CT molecular complexity index is 534. The number of carbonyl (C=O) groups is 1. The van der Waals surface area contributed by atoms with E-state index in [1.54, 1.807) is 11.9 Å². The maximum absolute atomic E-state index is 11.9. The quantitative estimate of drug-likeness (QED) is 0.905. The normalized spacial score (nSPS) is 26.1. The highest BCUT2D eigenvalue weighted by atomic mass is 32.2. The van der Waals surface area contributed by atoms with Crippen LogP contribution in [0, 0.1) is 0 Å². The summed E-state index contributed by atoms with van der Waals surface area (Å²) >= 11 is 2.06. The number of likely N-dealkylation sites (N-methyl/N-ethyl adjacent to an activating group) is 1. The third kappa shape index (κ3) is 2.19. The minimum Gasteiger partial charge on any atom is -0.370 e. The number of hydrogen-bond donors (Lipinski definition) is 1. The summed E-state index contributed by atoms with van der Waals surface area (Å²) in [6, 6.07) is 5.74. The summed E-state index contributed by atoms with van der Waals surface area (Å²) in [6.45, 7) is 4.41. The smallest absolute Gasteiger partial charge is 0.248 e. The summed E-state index contributed by atoms with van der Waals surface area (Å²) in [5.41, 5.74) is 9.06. The van der Waals surface area contributed by atoms with Gasteiger partial charge in [0.05, 0.1) is 5.69 Å². The van der Waals surface area contributed by atoms with Gasteiger partial charge in [0.1, 0.15) is 6.04 Å². The molecule has 2 aliphatic heterocycles. The summed E-state index contributed by atoms with van der Waals surface area (Å²) in [5.74, 6) is 1.15. The highest BCUT2D eigenvalue weighted by Gasteiger charge is 2.33. The van der Waals surface area contributed by atoms with Crippen molar-refractivity contribution in [1.29, 1.82) is 0 Å². The molecule has 1 saturated heterocycles. The fraction of sp³-hybridized carbons (Fsp3) is 0.533. The molecule has 0 aliphatic carbocycles. The lowest BCUT2D eigenvalue weighted by Crippen LogP contribution is -2.37. The first-order chi connectivity index (χ1) is 9.61. The van der Waals surface area contributed by atoms with E-state index in [4.69, 9.17) is 5.73 Å². The molecule has 1 aromatic rings. The maximum Gasteiger partial charge on any atom is 0.248 e. The number of nitrogens with zero attached hydrogens (tertiary/aromatic N) is 2. The fourth-order valence-electron chi connectivity index (χ4n) is 2.94. The van der Waals surface area contributed by atoms with Crippen molar-refractivity contribution in [1.82, 2.24) is 0 Å². The molecular formula is C15H21N3OS. The second-order valence-electron chi connectivity index (χ2n) is 5.47. The lowest BCUT2D eigenvalue weighted by molar-refractivity contribution is -0.118. The Balaban J connectivity index is 1.88. The van der Waals surface area contributed by atoms with Gasteiger partial charge in [-0.15, -0.1) is 0 Å². The van der Waals surface area contributed by atoms with Crippen LogP contribution in [0.15, 0.2) is 18.2 Å². The van der Waals surface area contributed by atoms with Gasteiger partial charge in [0.2, 0.25) is 5.91 Å². The van der Waals surface area contributed by atoms with Crippen LogP contribution in [0.2, 0.25) is 0 Å². The van der Waals surface area contributed by atoms with Gasteiger partial charge in [0, 0.05) is 42.4 Å². The molecule has 0 bridgehead atoms. The van der Waals surface area contributed by atoms with Gasteiger partial charge in [-0.05, 0) is 18.6 Å². The Morgan fingerprint density at radius 2 is 2.25 bits per heavy atom. The van der Waals surface area contributed by atoms with E-state index in [1.165, 1.54) is 17.9 Å². The Kier molecular flexibility index (Phi) is 3.65. The molecule has 5 heteroatoms. The van der Waals surface area contributed by atoms with Crippen LogP contribution in [0.25, 0.3) is 0 Å². The van der Waals surface area contributed by atoms with Crippen molar-refractivity contribution in [2.24, 2.45) is 5.73 Å². The zero-order chi connectivity index (χ0) is 14.3. The predicted octanol–water partition coefficient (Wildman–Crippen LogP) is 1.99. The molecule has 1 fully saturated rings. The predicted molar refractivity (Wildman–Crippen MR) is 85.5 cm³/mol. The Labute approximate surface area is 124 Å². The monoisotopic (exact) mass is 291 g/mol. The summed E-state index contributed by atoms with van der Waals surface area (Å²) in [4.78, 5) is 16.0. The highest BCUT2D eigenvalue weighted by Crippen LogP contribution is 2.37. The van der Waals surface area contributed by atoms with Gasteiger partial charge in [0.25, 0.3) is 0 Å². The number of amides is 1. The third-order valence-corrected chi connectivity index (χ3v) is 5.64. The van der Waals surface area contributed by atoms with Gasteiger partial charge in [0.15, 0.2) is 0 Å². The van der Waals surface area contributed by atoms with Gasteiger partial charge in [-0.3, -0.25) is 4.79 Å². The lowest BCUT2D eigenvalue weighted by atomic mass is 10.1. The second kappa shape index (κ2) is 5.30. The number of fused-ring (bicyclic) bond motifs is 1. The zero-order valence-corrected chi connectivity index (χ0v) is 12.8. The fourth-order valence-corrected chi connectivity index (χ4v) is 4.12. The van der Waals surface area contributed by atoms with E-state index in [-0.39, 0.29) is 5.91 Å². The van der Waals surface area contributed by atoms with Crippen LogP contribution in [0.3, 0.4) is 0 Å². The molecule has 4 nitrogen and oxygen atoms in total. The molecule has 20 heavy (non-hydrogen) atoms. The maximum atomic E-state index is 11.9. The first kappa shape index (κ1) is 13.8. The van der Waals surface area contributed by atoms with Crippen molar-refractivity contribution in [3.8, 4) is 0 Å². The van der Waals surface area contributed by atoms with Crippen LogP contribution in [0.1, 0.15) is 24.9 Å². The van der Waals surface area contributed by atoms with Crippen molar-refractivity contribution in [2.75, 3.05) is 35.7 Å². The molecule has 2 aliphatic rings. The van der Waals surface area contributed by atoms with Crippen LogP contribution in [0.5, 0.6) is 0 Å². The number of thioether (sulfide) groups is 1. The Morgan fingerprint density at radius 1 is 1.45 bits per heavy atom. The SMILES string of the molecule is CCC1CN(c2ccc3c(c2)N(C)C(=O)C3N)CCS1. The van der Waals surface area contributed by atoms with Crippen molar-refractivity contribution >= 4 is 29.0 Å². The lowest BCUT2D eigenvalue weighted by Gasteiger charge is -2.34. The molecule has 108 valence electrons. The number of anilines is 2. The first-order valence-electron chi connectivity index (χ1n) is 7.15. The molecule has 2 N–H and O–H groups in total. The molecule has 2 heterocycles. The van der Waals surface area contributed by atoms with Crippen LogP contribution >= 0.6 is 11.8 Å². The summed E-state index contributed by atoms with van der Waals surface area (Å²) in [6.07, 6.45) is 1.20. The van der Waals surface area contributed by atoms with Gasteiger partial charge < -0.3 is 15.5 Å². The minimum absolute atomic E-state index is 0.0159. The number of rotatable bonds is 2. The summed E-state index contributed by atoms with van der Waals surface area (Å²) < 4.78 is 0. The van der Waals surface area contributed by atoms with E-state index in [0.29, 0.717) is 5.25 Å². The van der Waals surface area contributed by atoms with Gasteiger partial charge >= 0.3 is 0 Å². The van der Waals surface area contributed by atoms with E-state index in [9.17, 15) is 4.79 Å². The van der Waals surface area contributed by atoms with E-state index < -0.39 is 6.04 Å². The molecule has 0 radical (unpaired) electrons. The molecule has 0 spiro atoms. The summed E-state index contributed by atoms with van der Waals surface area (Å²) in [7, 11) is 1.80. The highest BCUT2D eigenvalue weighted by molar-refractivity contribution is 8.00. The molecule has 0 saturated carbocycles. The van der Waals surface area contributed by atoms with Crippen molar-refractivity contribution in [2.45, 2.75) is 24.6 Å².